The van der Waals surface area contributed by atoms with E-state index in [4.69, 9.17) is 14.7 Å². The van der Waals surface area contributed by atoms with Crippen LogP contribution in [-0.4, -0.2) is 36.1 Å². The van der Waals surface area contributed by atoms with Crippen LogP contribution in [0.15, 0.2) is 23.5 Å². The Kier molecular flexibility index (Phi) is 4.56. The van der Waals surface area contributed by atoms with E-state index in [1.807, 2.05) is 6.07 Å². The molecule has 0 aromatic carbocycles. The molecule has 0 radical (unpaired) electrons. The Bertz CT molecular complexity index is 322. The molecule has 1 N–H and O–H groups in total. The molecule has 15 heavy (non-hydrogen) atoms. The summed E-state index contributed by atoms with van der Waals surface area (Å²) in [5.74, 6) is 0.558. The maximum Gasteiger partial charge on any atom is 0.212 e. The van der Waals surface area contributed by atoms with Crippen molar-refractivity contribution in [1.29, 1.82) is 0 Å². The van der Waals surface area contributed by atoms with E-state index in [0.29, 0.717) is 11.6 Å². The zero-order valence-electron chi connectivity index (χ0n) is 8.80. The highest BCUT2D eigenvalue weighted by Gasteiger charge is 1.99. The van der Waals surface area contributed by atoms with Crippen LogP contribution >= 0.6 is 0 Å². The van der Waals surface area contributed by atoms with Crippen molar-refractivity contribution in [2.24, 2.45) is 5.16 Å². The molecule has 0 bridgehead atoms. The first kappa shape index (κ1) is 11.5. The number of nitrogens with zero attached hydrogens (tertiary/aromatic N) is 2. The second-order valence-electron chi connectivity index (χ2n) is 2.82. The maximum absolute atomic E-state index is 8.49. The summed E-state index contributed by atoms with van der Waals surface area (Å²) in [5.41, 5.74) is 1.56. The molecular weight excluding hydrogens is 196 g/mol. The third-order valence-electron chi connectivity index (χ3n) is 1.75. The Morgan fingerprint density at radius 1 is 1.53 bits per heavy atom. The van der Waals surface area contributed by atoms with Crippen LogP contribution < -0.4 is 4.74 Å². The number of rotatable bonds is 5. The van der Waals surface area contributed by atoms with Crippen molar-refractivity contribution >= 4 is 5.71 Å². The number of methoxy groups -OCH3 is 1. The minimum absolute atomic E-state index is 0.0440. The summed E-state index contributed by atoms with van der Waals surface area (Å²) in [6.45, 7) is 1.96. The monoisotopic (exact) mass is 210 g/mol. The zero-order valence-corrected chi connectivity index (χ0v) is 8.80. The van der Waals surface area contributed by atoms with Gasteiger partial charge in [-0.15, -0.1) is 0 Å². The smallest absolute Gasteiger partial charge is 0.212 e. The minimum atomic E-state index is -0.0440. The molecule has 0 fully saturated rings. The molecule has 0 spiro atoms. The molecular formula is C10H14N2O3. The highest BCUT2D eigenvalue weighted by molar-refractivity contribution is 5.98. The van der Waals surface area contributed by atoms with Crippen molar-refractivity contribution in [2.75, 3.05) is 20.3 Å². The van der Waals surface area contributed by atoms with Crippen LogP contribution in [0.2, 0.25) is 0 Å². The van der Waals surface area contributed by atoms with Gasteiger partial charge in [-0.1, -0.05) is 5.16 Å². The lowest BCUT2D eigenvalue weighted by molar-refractivity contribution is 0.0986. The van der Waals surface area contributed by atoms with Crippen LogP contribution in [0.4, 0.5) is 0 Å². The lowest BCUT2D eigenvalue weighted by Crippen LogP contribution is -2.00. The number of aromatic nitrogens is 1. The van der Waals surface area contributed by atoms with E-state index in [2.05, 4.69) is 10.1 Å². The molecule has 0 saturated heterocycles. The molecule has 5 nitrogen and oxygen atoms in total. The van der Waals surface area contributed by atoms with Gasteiger partial charge in [0.15, 0.2) is 0 Å². The average Bonchev–Trinajstić information content (AvgIpc) is 2.29. The van der Waals surface area contributed by atoms with E-state index in [1.54, 1.807) is 26.3 Å². The van der Waals surface area contributed by atoms with Crippen molar-refractivity contribution in [3.8, 4) is 5.88 Å². The van der Waals surface area contributed by atoms with E-state index in [-0.39, 0.29) is 13.2 Å². The molecule has 0 unspecified atom stereocenters. The average molecular weight is 210 g/mol. The molecule has 1 rings (SSSR count). The van der Waals surface area contributed by atoms with Crippen LogP contribution in [0.1, 0.15) is 12.5 Å². The van der Waals surface area contributed by atoms with E-state index in [9.17, 15) is 0 Å². The molecule has 0 amide bonds. The third kappa shape index (κ3) is 3.55. The number of aliphatic hydroxyl groups excluding tert-OH is 1. The number of oxime groups is 1. The van der Waals surface area contributed by atoms with E-state index < -0.39 is 0 Å². The molecule has 0 aliphatic carbocycles. The van der Waals surface area contributed by atoms with Crippen LogP contribution in [0.25, 0.3) is 0 Å². The standard InChI is InChI=1S/C10H14N2O3/c1-8(12-15-6-5-13)9-3-4-10(14-2)11-7-9/h3-4,7,13H,5-6H2,1-2H3/b12-8-. The second kappa shape index (κ2) is 5.98. The van der Waals surface area contributed by atoms with Gasteiger partial charge in [-0.3, -0.25) is 0 Å². The highest BCUT2D eigenvalue weighted by atomic mass is 16.6. The first-order valence-electron chi connectivity index (χ1n) is 4.55. The summed E-state index contributed by atoms with van der Waals surface area (Å²) in [4.78, 5) is 8.87. The quantitative estimate of drug-likeness (QED) is 0.444. The largest absolute Gasteiger partial charge is 0.481 e. The Morgan fingerprint density at radius 3 is 2.87 bits per heavy atom. The Hall–Kier alpha value is -1.62. The number of ether oxygens (including phenoxy) is 1. The summed E-state index contributed by atoms with van der Waals surface area (Å²) in [7, 11) is 1.56. The van der Waals surface area contributed by atoms with Gasteiger partial charge in [0.1, 0.15) is 6.61 Å². The molecule has 82 valence electrons. The Morgan fingerprint density at radius 2 is 2.33 bits per heavy atom. The molecule has 1 aromatic heterocycles. The fourth-order valence-electron chi connectivity index (χ4n) is 0.951. The zero-order chi connectivity index (χ0) is 11.1. The second-order valence-corrected chi connectivity index (χ2v) is 2.82. The van der Waals surface area contributed by atoms with Crippen molar-refractivity contribution < 1.29 is 14.7 Å². The Balaban J connectivity index is 2.65. The lowest BCUT2D eigenvalue weighted by atomic mass is 10.2. The van der Waals surface area contributed by atoms with Gasteiger partial charge in [-0.2, -0.15) is 0 Å². The van der Waals surface area contributed by atoms with Gasteiger partial charge >= 0.3 is 0 Å². The third-order valence-corrected chi connectivity index (χ3v) is 1.75. The summed E-state index contributed by atoms with van der Waals surface area (Å²) >= 11 is 0. The number of hydrogen-bond donors (Lipinski definition) is 1. The van der Waals surface area contributed by atoms with Gasteiger partial charge in [-0.25, -0.2) is 4.98 Å². The van der Waals surface area contributed by atoms with Crippen LogP contribution in [0, 0.1) is 0 Å². The van der Waals surface area contributed by atoms with Gasteiger partial charge in [0, 0.05) is 17.8 Å². The van der Waals surface area contributed by atoms with Crippen LogP contribution in [-0.2, 0) is 4.84 Å². The van der Waals surface area contributed by atoms with Gasteiger partial charge in [0.25, 0.3) is 0 Å². The summed E-state index contributed by atoms with van der Waals surface area (Å²) < 4.78 is 4.93. The van der Waals surface area contributed by atoms with Crippen molar-refractivity contribution in [3.63, 3.8) is 0 Å². The molecule has 1 aromatic rings. The predicted molar refractivity (Wildman–Crippen MR) is 56.0 cm³/mol. The first-order chi connectivity index (χ1) is 7.27. The highest BCUT2D eigenvalue weighted by Crippen LogP contribution is 2.07. The molecule has 0 aliphatic heterocycles. The van der Waals surface area contributed by atoms with Gasteiger partial charge in [-0.05, 0) is 13.0 Å². The van der Waals surface area contributed by atoms with E-state index in [0.717, 1.165) is 5.56 Å². The lowest BCUT2D eigenvalue weighted by Gasteiger charge is -2.02. The molecule has 0 aliphatic rings. The van der Waals surface area contributed by atoms with Gasteiger partial charge in [0.2, 0.25) is 5.88 Å². The van der Waals surface area contributed by atoms with Gasteiger partial charge < -0.3 is 14.7 Å². The number of hydrogen-bond acceptors (Lipinski definition) is 5. The number of aliphatic hydroxyl groups is 1. The summed E-state index contributed by atoms with van der Waals surface area (Å²) in [5, 5.41) is 12.3. The molecule has 5 heteroatoms. The fraction of sp³-hybridized carbons (Fsp3) is 0.400. The SMILES string of the molecule is COc1ccc(/C(C)=N\OCCO)cn1. The number of pyridine rings is 1. The predicted octanol–water partition coefficient (Wildman–Crippen LogP) is 0.823. The molecule has 0 atom stereocenters. The normalized spacial score (nSPS) is 11.3. The summed E-state index contributed by atoms with van der Waals surface area (Å²) in [6.07, 6.45) is 1.65. The van der Waals surface area contributed by atoms with Crippen molar-refractivity contribution in [1.82, 2.24) is 4.98 Å². The maximum atomic E-state index is 8.49. The van der Waals surface area contributed by atoms with E-state index >= 15 is 0 Å². The van der Waals surface area contributed by atoms with Crippen molar-refractivity contribution in [3.05, 3.63) is 23.9 Å². The Labute approximate surface area is 88.3 Å². The summed E-state index contributed by atoms with van der Waals surface area (Å²) in [6, 6.07) is 3.59. The van der Waals surface area contributed by atoms with Crippen LogP contribution in [0.5, 0.6) is 5.88 Å². The van der Waals surface area contributed by atoms with Crippen molar-refractivity contribution in [2.45, 2.75) is 6.92 Å². The first-order valence-corrected chi connectivity index (χ1v) is 4.55. The molecule has 1 heterocycles. The van der Waals surface area contributed by atoms with E-state index in [1.165, 1.54) is 0 Å². The van der Waals surface area contributed by atoms with Crippen LogP contribution in [0.3, 0.4) is 0 Å². The minimum Gasteiger partial charge on any atom is -0.481 e. The fourth-order valence-corrected chi connectivity index (χ4v) is 0.951. The topological polar surface area (TPSA) is 63.9 Å². The molecule has 0 saturated carbocycles. The van der Waals surface area contributed by atoms with Gasteiger partial charge in [0.05, 0.1) is 19.4 Å².